The van der Waals surface area contributed by atoms with E-state index in [1.54, 1.807) is 22.9 Å². The maximum Gasteiger partial charge on any atom is 0.211 e. The Balaban J connectivity index is 1.91. The van der Waals surface area contributed by atoms with Crippen LogP contribution < -0.4 is 0 Å². The van der Waals surface area contributed by atoms with Crippen LogP contribution in [0.2, 0.25) is 0 Å². The number of hydrogen-bond donors (Lipinski definition) is 0. The van der Waals surface area contributed by atoms with Gasteiger partial charge >= 0.3 is 0 Å². The smallest absolute Gasteiger partial charge is 0.211 e. The zero-order valence-corrected chi connectivity index (χ0v) is 14.9. The summed E-state index contributed by atoms with van der Waals surface area (Å²) >= 11 is 0. The van der Waals surface area contributed by atoms with Gasteiger partial charge in [0.1, 0.15) is 0 Å². The molecule has 0 aliphatic carbocycles. The van der Waals surface area contributed by atoms with Gasteiger partial charge in [-0.3, -0.25) is 14.6 Å². The summed E-state index contributed by atoms with van der Waals surface area (Å²) in [5, 5.41) is 4.37. The minimum Gasteiger partial charge on any atom is -0.272 e. The first kappa shape index (κ1) is 17.0. The van der Waals surface area contributed by atoms with Crippen molar-refractivity contribution >= 4 is 10.0 Å². The maximum atomic E-state index is 11.9. The van der Waals surface area contributed by atoms with Gasteiger partial charge in [-0.05, 0) is 19.3 Å². The lowest BCUT2D eigenvalue weighted by atomic mass is 9.93. The zero-order valence-electron chi connectivity index (χ0n) is 14.1. The summed E-state index contributed by atoms with van der Waals surface area (Å²) in [5.74, 6) is 0.0618. The molecule has 3 heterocycles. The molecule has 1 aliphatic rings. The number of aryl methyl sites for hydroxylation is 1. The standard InChI is InChI=1S/C16H23N5O2S/c1-3-8-20-11-14(10-19-20)16-15(17-6-7-18-16)13-5-4-9-21(12-13)24(2,22)23/h6-7,10-11,13H,3-5,8-9,12H2,1-2H3. The maximum absolute atomic E-state index is 11.9. The van der Waals surface area contributed by atoms with Crippen LogP contribution in [-0.2, 0) is 16.6 Å². The molecule has 1 unspecified atom stereocenters. The molecule has 0 amide bonds. The van der Waals surface area contributed by atoms with Crippen molar-refractivity contribution in [1.29, 1.82) is 0 Å². The highest BCUT2D eigenvalue weighted by Gasteiger charge is 2.29. The number of aromatic nitrogens is 4. The minimum absolute atomic E-state index is 0.0618. The van der Waals surface area contributed by atoms with Gasteiger partial charge in [-0.2, -0.15) is 5.10 Å². The molecule has 130 valence electrons. The van der Waals surface area contributed by atoms with Crippen LogP contribution in [0.1, 0.15) is 37.8 Å². The van der Waals surface area contributed by atoms with E-state index < -0.39 is 10.0 Å². The molecule has 0 saturated carbocycles. The van der Waals surface area contributed by atoms with Crippen LogP contribution in [0.4, 0.5) is 0 Å². The molecule has 1 fully saturated rings. The van der Waals surface area contributed by atoms with E-state index >= 15 is 0 Å². The molecule has 0 bridgehead atoms. The van der Waals surface area contributed by atoms with E-state index in [0.29, 0.717) is 13.1 Å². The summed E-state index contributed by atoms with van der Waals surface area (Å²) in [7, 11) is -3.18. The molecular formula is C16H23N5O2S. The number of hydrogen-bond acceptors (Lipinski definition) is 5. The largest absolute Gasteiger partial charge is 0.272 e. The van der Waals surface area contributed by atoms with E-state index in [2.05, 4.69) is 22.0 Å². The lowest BCUT2D eigenvalue weighted by Gasteiger charge is -2.31. The fraction of sp³-hybridized carbons (Fsp3) is 0.562. The molecule has 8 heteroatoms. The molecule has 2 aromatic heterocycles. The Bertz CT molecular complexity index is 802. The molecule has 1 aliphatic heterocycles. The molecular weight excluding hydrogens is 326 g/mol. The summed E-state index contributed by atoms with van der Waals surface area (Å²) in [6.45, 7) is 4.02. The summed E-state index contributed by atoms with van der Waals surface area (Å²) in [6.07, 6.45) is 11.2. The van der Waals surface area contributed by atoms with Crippen LogP contribution in [0.15, 0.2) is 24.8 Å². The topological polar surface area (TPSA) is 81.0 Å². The second-order valence-corrected chi connectivity index (χ2v) is 8.22. The van der Waals surface area contributed by atoms with Gasteiger partial charge < -0.3 is 0 Å². The second kappa shape index (κ2) is 6.98. The third-order valence-electron chi connectivity index (χ3n) is 4.33. The Morgan fingerprint density at radius 2 is 2.08 bits per heavy atom. The van der Waals surface area contributed by atoms with E-state index in [0.717, 1.165) is 42.8 Å². The van der Waals surface area contributed by atoms with Gasteiger partial charge in [-0.25, -0.2) is 12.7 Å². The number of sulfonamides is 1. The number of piperidine rings is 1. The predicted octanol–water partition coefficient (Wildman–Crippen LogP) is 1.89. The fourth-order valence-electron chi connectivity index (χ4n) is 3.17. The monoisotopic (exact) mass is 349 g/mol. The van der Waals surface area contributed by atoms with Gasteiger partial charge in [0.15, 0.2) is 0 Å². The molecule has 1 saturated heterocycles. The van der Waals surface area contributed by atoms with E-state index in [-0.39, 0.29) is 5.92 Å². The average molecular weight is 349 g/mol. The minimum atomic E-state index is -3.18. The lowest BCUT2D eigenvalue weighted by molar-refractivity contribution is 0.314. The van der Waals surface area contributed by atoms with Crippen molar-refractivity contribution in [2.75, 3.05) is 19.3 Å². The Kier molecular flexibility index (Phi) is 4.96. The summed E-state index contributed by atoms with van der Waals surface area (Å²) in [4.78, 5) is 9.03. The first-order chi connectivity index (χ1) is 11.5. The molecule has 0 radical (unpaired) electrons. The number of nitrogens with zero attached hydrogens (tertiary/aromatic N) is 5. The number of rotatable bonds is 5. The van der Waals surface area contributed by atoms with Crippen LogP contribution in [-0.4, -0.2) is 51.8 Å². The van der Waals surface area contributed by atoms with Crippen molar-refractivity contribution in [3.8, 4) is 11.3 Å². The first-order valence-electron chi connectivity index (χ1n) is 8.28. The first-order valence-corrected chi connectivity index (χ1v) is 10.1. The molecule has 0 N–H and O–H groups in total. The van der Waals surface area contributed by atoms with Crippen LogP contribution in [0.3, 0.4) is 0 Å². The molecule has 3 rings (SSSR count). The van der Waals surface area contributed by atoms with Gasteiger partial charge in [0.25, 0.3) is 0 Å². The molecule has 1 atom stereocenters. The van der Waals surface area contributed by atoms with E-state index in [1.807, 2.05) is 10.9 Å². The highest BCUT2D eigenvalue weighted by Crippen LogP contribution is 2.32. The predicted molar refractivity (Wildman–Crippen MR) is 91.9 cm³/mol. The van der Waals surface area contributed by atoms with Crippen molar-refractivity contribution in [3.05, 3.63) is 30.5 Å². The quantitative estimate of drug-likeness (QED) is 0.823. The fourth-order valence-corrected chi connectivity index (χ4v) is 4.09. The molecule has 0 aromatic carbocycles. The third kappa shape index (κ3) is 3.64. The van der Waals surface area contributed by atoms with Crippen molar-refractivity contribution in [2.45, 2.75) is 38.6 Å². The highest BCUT2D eigenvalue weighted by atomic mass is 32.2. The van der Waals surface area contributed by atoms with Crippen LogP contribution in [0.5, 0.6) is 0 Å². The Morgan fingerprint density at radius 3 is 2.83 bits per heavy atom. The zero-order chi connectivity index (χ0) is 17.2. The van der Waals surface area contributed by atoms with Crippen LogP contribution >= 0.6 is 0 Å². The third-order valence-corrected chi connectivity index (χ3v) is 5.60. The van der Waals surface area contributed by atoms with E-state index in [9.17, 15) is 8.42 Å². The van der Waals surface area contributed by atoms with Crippen LogP contribution in [0.25, 0.3) is 11.3 Å². The Morgan fingerprint density at radius 1 is 1.29 bits per heavy atom. The Hall–Kier alpha value is -1.80. The highest BCUT2D eigenvalue weighted by molar-refractivity contribution is 7.88. The summed E-state index contributed by atoms with van der Waals surface area (Å²) in [6, 6.07) is 0. The Labute approximate surface area is 142 Å². The van der Waals surface area contributed by atoms with Crippen molar-refractivity contribution in [2.24, 2.45) is 0 Å². The van der Waals surface area contributed by atoms with Crippen LogP contribution in [0, 0.1) is 0 Å². The van der Waals surface area contributed by atoms with Gasteiger partial charge in [0.05, 0.1) is 23.8 Å². The van der Waals surface area contributed by atoms with Crippen molar-refractivity contribution in [3.63, 3.8) is 0 Å². The van der Waals surface area contributed by atoms with E-state index in [1.165, 1.54) is 6.26 Å². The van der Waals surface area contributed by atoms with Crippen molar-refractivity contribution in [1.82, 2.24) is 24.1 Å². The van der Waals surface area contributed by atoms with Gasteiger partial charge in [-0.1, -0.05) is 6.92 Å². The van der Waals surface area contributed by atoms with Gasteiger partial charge in [0.2, 0.25) is 10.0 Å². The van der Waals surface area contributed by atoms with Crippen molar-refractivity contribution < 1.29 is 8.42 Å². The SMILES string of the molecule is CCCn1cc(-c2nccnc2C2CCCN(S(C)(=O)=O)C2)cn1. The molecule has 0 spiro atoms. The van der Waals surface area contributed by atoms with Gasteiger partial charge in [-0.15, -0.1) is 0 Å². The molecule has 2 aromatic rings. The summed E-state index contributed by atoms with van der Waals surface area (Å²) in [5.41, 5.74) is 2.60. The molecule has 24 heavy (non-hydrogen) atoms. The summed E-state index contributed by atoms with van der Waals surface area (Å²) < 4.78 is 27.2. The normalized spacial score (nSPS) is 19.5. The average Bonchev–Trinajstić information content (AvgIpc) is 3.03. The lowest BCUT2D eigenvalue weighted by Crippen LogP contribution is -2.38. The second-order valence-electron chi connectivity index (χ2n) is 6.24. The van der Waals surface area contributed by atoms with Gasteiger partial charge in [0, 0.05) is 49.7 Å². The van der Waals surface area contributed by atoms with E-state index in [4.69, 9.17) is 0 Å². The molecule has 7 nitrogen and oxygen atoms in total.